The lowest BCUT2D eigenvalue weighted by Crippen LogP contribution is -2.61. The molecule has 0 amide bonds. The SMILES string of the molecule is Cn1cnnc1CN1CC(C)(OCC(=O)O)C1. The van der Waals surface area contributed by atoms with Crippen LogP contribution in [-0.2, 0) is 23.1 Å². The Balaban J connectivity index is 1.78. The van der Waals surface area contributed by atoms with Crippen molar-refractivity contribution in [3.05, 3.63) is 12.2 Å². The molecule has 1 fully saturated rings. The summed E-state index contributed by atoms with van der Waals surface area (Å²) in [5.74, 6) is -0.0386. The van der Waals surface area contributed by atoms with Crippen molar-refractivity contribution >= 4 is 5.97 Å². The summed E-state index contributed by atoms with van der Waals surface area (Å²) < 4.78 is 7.19. The van der Waals surface area contributed by atoms with Gasteiger partial charge >= 0.3 is 5.97 Å². The van der Waals surface area contributed by atoms with Crippen molar-refractivity contribution in [3.8, 4) is 0 Å². The van der Waals surface area contributed by atoms with Crippen LogP contribution in [0.15, 0.2) is 6.33 Å². The van der Waals surface area contributed by atoms with Gasteiger partial charge in [-0.3, -0.25) is 4.90 Å². The maximum Gasteiger partial charge on any atom is 0.329 e. The number of ether oxygens (including phenoxy) is 1. The van der Waals surface area contributed by atoms with Crippen molar-refractivity contribution in [1.29, 1.82) is 0 Å². The Bertz CT molecular complexity index is 411. The second-order valence-corrected chi connectivity index (χ2v) is 4.64. The molecule has 1 aliphatic rings. The molecule has 0 spiro atoms. The van der Waals surface area contributed by atoms with Crippen molar-refractivity contribution in [2.75, 3.05) is 19.7 Å². The van der Waals surface area contributed by atoms with E-state index in [4.69, 9.17) is 9.84 Å². The average Bonchev–Trinajstić information content (AvgIpc) is 2.59. The summed E-state index contributed by atoms with van der Waals surface area (Å²) in [7, 11) is 1.90. The van der Waals surface area contributed by atoms with Gasteiger partial charge < -0.3 is 14.4 Å². The first-order valence-electron chi connectivity index (χ1n) is 5.39. The van der Waals surface area contributed by atoms with Crippen LogP contribution in [-0.4, -0.2) is 56.0 Å². The number of carboxylic acid groups (broad SMARTS) is 1. The molecule has 1 aromatic rings. The number of carbonyl (C=O) groups is 1. The second-order valence-electron chi connectivity index (χ2n) is 4.64. The monoisotopic (exact) mass is 240 g/mol. The molecular weight excluding hydrogens is 224 g/mol. The van der Waals surface area contributed by atoms with E-state index >= 15 is 0 Å². The Hall–Kier alpha value is -1.47. The van der Waals surface area contributed by atoms with Crippen LogP contribution in [0.2, 0.25) is 0 Å². The Morgan fingerprint density at radius 3 is 2.88 bits per heavy atom. The van der Waals surface area contributed by atoms with E-state index in [-0.39, 0.29) is 12.2 Å². The Labute approximate surface area is 99.0 Å². The van der Waals surface area contributed by atoms with Gasteiger partial charge in [-0.25, -0.2) is 4.79 Å². The summed E-state index contributed by atoms with van der Waals surface area (Å²) >= 11 is 0. The van der Waals surface area contributed by atoms with Crippen LogP contribution < -0.4 is 0 Å². The molecule has 1 aromatic heterocycles. The quantitative estimate of drug-likeness (QED) is 0.746. The molecule has 7 heteroatoms. The lowest BCUT2D eigenvalue weighted by atomic mass is 9.96. The van der Waals surface area contributed by atoms with Crippen molar-refractivity contribution < 1.29 is 14.6 Å². The number of rotatable bonds is 5. The van der Waals surface area contributed by atoms with Crippen LogP contribution in [0.1, 0.15) is 12.7 Å². The highest BCUT2D eigenvalue weighted by Crippen LogP contribution is 2.25. The van der Waals surface area contributed by atoms with Crippen LogP contribution >= 0.6 is 0 Å². The topological polar surface area (TPSA) is 80.5 Å². The van der Waals surface area contributed by atoms with Crippen molar-refractivity contribution in [1.82, 2.24) is 19.7 Å². The number of hydrogen-bond donors (Lipinski definition) is 1. The largest absolute Gasteiger partial charge is 0.480 e. The van der Waals surface area contributed by atoms with Crippen molar-refractivity contribution in [3.63, 3.8) is 0 Å². The summed E-state index contributed by atoms with van der Waals surface area (Å²) in [4.78, 5) is 12.6. The molecule has 1 N–H and O–H groups in total. The molecule has 0 aromatic carbocycles. The zero-order chi connectivity index (χ0) is 12.5. The van der Waals surface area contributed by atoms with Crippen LogP contribution in [0.4, 0.5) is 0 Å². The maximum absolute atomic E-state index is 10.4. The van der Waals surface area contributed by atoms with Gasteiger partial charge in [0.2, 0.25) is 0 Å². The van der Waals surface area contributed by atoms with E-state index in [0.717, 1.165) is 5.82 Å². The summed E-state index contributed by atoms with van der Waals surface area (Å²) in [5, 5.41) is 16.3. The first-order valence-corrected chi connectivity index (χ1v) is 5.39. The number of aryl methyl sites for hydroxylation is 1. The molecule has 0 aliphatic carbocycles. The number of nitrogens with zero attached hydrogens (tertiary/aromatic N) is 4. The molecule has 2 rings (SSSR count). The standard InChI is InChI=1S/C10H16N4O3/c1-10(17-4-9(15)16)5-14(6-10)3-8-12-11-7-13(8)2/h7H,3-6H2,1-2H3,(H,15,16). The van der Waals surface area contributed by atoms with Gasteiger partial charge in [0, 0.05) is 20.1 Å². The van der Waals surface area contributed by atoms with Gasteiger partial charge in [0.15, 0.2) is 0 Å². The van der Waals surface area contributed by atoms with Crippen molar-refractivity contribution in [2.24, 2.45) is 7.05 Å². The number of hydrogen-bond acceptors (Lipinski definition) is 5. The predicted molar refractivity (Wildman–Crippen MR) is 58.3 cm³/mol. The van der Waals surface area contributed by atoms with Gasteiger partial charge in [-0.05, 0) is 6.92 Å². The zero-order valence-corrected chi connectivity index (χ0v) is 9.96. The smallest absolute Gasteiger partial charge is 0.329 e. The minimum Gasteiger partial charge on any atom is -0.480 e. The minimum atomic E-state index is -0.932. The summed E-state index contributed by atoms with van der Waals surface area (Å²) in [5.41, 5.74) is -0.350. The van der Waals surface area contributed by atoms with E-state index in [0.29, 0.717) is 19.6 Å². The van der Waals surface area contributed by atoms with E-state index in [2.05, 4.69) is 15.1 Å². The van der Waals surface area contributed by atoms with E-state index in [1.807, 2.05) is 18.5 Å². The molecule has 17 heavy (non-hydrogen) atoms. The van der Waals surface area contributed by atoms with Gasteiger partial charge in [0.25, 0.3) is 0 Å². The third kappa shape index (κ3) is 2.80. The predicted octanol–water partition coefficient (Wildman–Crippen LogP) is -0.509. The van der Waals surface area contributed by atoms with E-state index in [1.165, 1.54) is 0 Å². The highest BCUT2D eigenvalue weighted by Gasteiger charge is 2.40. The highest BCUT2D eigenvalue weighted by atomic mass is 16.5. The Kier molecular flexibility index (Phi) is 3.12. The van der Waals surface area contributed by atoms with E-state index in [9.17, 15) is 4.79 Å². The number of aromatic nitrogens is 3. The lowest BCUT2D eigenvalue weighted by Gasteiger charge is -2.47. The molecule has 0 unspecified atom stereocenters. The number of likely N-dealkylation sites (tertiary alicyclic amines) is 1. The van der Waals surface area contributed by atoms with Gasteiger partial charge in [0.1, 0.15) is 18.8 Å². The molecule has 94 valence electrons. The molecule has 7 nitrogen and oxygen atoms in total. The second kappa shape index (κ2) is 4.42. The lowest BCUT2D eigenvalue weighted by molar-refractivity contribution is -0.166. The normalized spacial score (nSPS) is 18.9. The Morgan fingerprint density at radius 1 is 1.65 bits per heavy atom. The van der Waals surface area contributed by atoms with Crippen molar-refractivity contribution in [2.45, 2.75) is 19.1 Å². The Morgan fingerprint density at radius 2 is 2.35 bits per heavy atom. The molecular formula is C10H16N4O3. The molecule has 0 saturated carbocycles. The molecule has 1 aliphatic heterocycles. The van der Waals surface area contributed by atoms with Crippen LogP contribution in [0.5, 0.6) is 0 Å². The van der Waals surface area contributed by atoms with E-state index < -0.39 is 5.97 Å². The molecule has 2 heterocycles. The number of aliphatic carboxylic acids is 1. The third-order valence-electron chi connectivity index (χ3n) is 2.83. The first kappa shape index (κ1) is 12.0. The van der Waals surface area contributed by atoms with Gasteiger partial charge in [-0.1, -0.05) is 0 Å². The summed E-state index contributed by atoms with van der Waals surface area (Å²) in [6, 6.07) is 0. The van der Waals surface area contributed by atoms with Gasteiger partial charge in [0.05, 0.1) is 12.1 Å². The van der Waals surface area contributed by atoms with Crippen LogP contribution in [0.3, 0.4) is 0 Å². The molecule has 1 saturated heterocycles. The number of carboxylic acids is 1. The van der Waals surface area contributed by atoms with Crippen LogP contribution in [0, 0.1) is 0 Å². The highest BCUT2D eigenvalue weighted by molar-refractivity contribution is 5.68. The zero-order valence-electron chi connectivity index (χ0n) is 9.96. The average molecular weight is 240 g/mol. The molecule has 0 atom stereocenters. The molecule has 0 bridgehead atoms. The molecule has 0 radical (unpaired) electrons. The fraction of sp³-hybridized carbons (Fsp3) is 0.700. The van der Waals surface area contributed by atoms with Gasteiger partial charge in [-0.2, -0.15) is 0 Å². The summed E-state index contributed by atoms with van der Waals surface area (Å²) in [6.07, 6.45) is 1.66. The fourth-order valence-corrected chi connectivity index (χ4v) is 1.99. The third-order valence-corrected chi connectivity index (χ3v) is 2.83. The maximum atomic E-state index is 10.4. The van der Waals surface area contributed by atoms with Gasteiger partial charge in [-0.15, -0.1) is 10.2 Å². The minimum absolute atomic E-state index is 0.242. The summed E-state index contributed by atoms with van der Waals surface area (Å²) in [6.45, 7) is 3.82. The first-order chi connectivity index (χ1) is 7.98. The van der Waals surface area contributed by atoms with Crippen LogP contribution in [0.25, 0.3) is 0 Å². The van der Waals surface area contributed by atoms with E-state index in [1.54, 1.807) is 6.33 Å². The fourth-order valence-electron chi connectivity index (χ4n) is 1.99.